The highest BCUT2D eigenvalue weighted by molar-refractivity contribution is 5.75. The fourth-order valence-electron chi connectivity index (χ4n) is 4.43. The molecular weight excluding hydrogens is 244 g/mol. The summed E-state index contributed by atoms with van der Waals surface area (Å²) in [5.41, 5.74) is 0.780. The number of esters is 1. The minimum Gasteiger partial charge on any atom is -0.461 e. The van der Waals surface area contributed by atoms with Gasteiger partial charge in [-0.05, 0) is 30.3 Å². The summed E-state index contributed by atoms with van der Waals surface area (Å²) in [4.78, 5) is 11.8. The molecule has 3 fully saturated rings. The van der Waals surface area contributed by atoms with Crippen LogP contribution in [0, 0.1) is 29.6 Å². The number of aliphatic hydroxyl groups excluding tert-OH is 2. The Kier molecular flexibility index (Phi) is 2.98. The van der Waals surface area contributed by atoms with Gasteiger partial charge in [0.05, 0.1) is 18.1 Å². The van der Waals surface area contributed by atoms with Crippen LogP contribution in [0.3, 0.4) is 0 Å². The standard InChI is InChI=1S/C15H22O4/c1-6-4-11(17)13-8(3)15(18)19-14(13)12-7(2)10(16)5-9(6)12/h6,8-14,16-17H,2,4-5H2,1,3H3/t6?,8?,9?,10-,11-,12+,13+,14+/m0/s1. The minimum atomic E-state index is -0.503. The minimum absolute atomic E-state index is 0.000972. The van der Waals surface area contributed by atoms with Crippen LogP contribution in [0.15, 0.2) is 12.2 Å². The molecule has 0 bridgehead atoms. The van der Waals surface area contributed by atoms with Gasteiger partial charge in [0.25, 0.3) is 0 Å². The summed E-state index contributed by atoms with van der Waals surface area (Å²) in [6, 6.07) is 0. The molecule has 2 aliphatic carbocycles. The molecular formula is C15H22O4. The van der Waals surface area contributed by atoms with Crippen molar-refractivity contribution in [3.8, 4) is 0 Å². The second-order valence-electron chi connectivity index (χ2n) is 6.56. The van der Waals surface area contributed by atoms with E-state index in [1.807, 2.05) is 6.92 Å². The van der Waals surface area contributed by atoms with Crippen molar-refractivity contribution < 1.29 is 19.7 Å². The first-order chi connectivity index (χ1) is 8.91. The molecule has 19 heavy (non-hydrogen) atoms. The van der Waals surface area contributed by atoms with Gasteiger partial charge in [0.15, 0.2) is 0 Å². The van der Waals surface area contributed by atoms with Crippen LogP contribution in [-0.4, -0.2) is 34.5 Å². The first-order valence-corrected chi connectivity index (χ1v) is 7.17. The Hall–Kier alpha value is -0.870. The molecule has 0 radical (unpaired) electrons. The van der Waals surface area contributed by atoms with Crippen molar-refractivity contribution in [2.24, 2.45) is 29.6 Å². The van der Waals surface area contributed by atoms with Crippen LogP contribution in [0.1, 0.15) is 26.7 Å². The van der Waals surface area contributed by atoms with E-state index in [2.05, 4.69) is 13.5 Å². The average molecular weight is 266 g/mol. The van der Waals surface area contributed by atoms with Crippen molar-refractivity contribution in [1.29, 1.82) is 0 Å². The van der Waals surface area contributed by atoms with Gasteiger partial charge in [-0.3, -0.25) is 4.79 Å². The van der Waals surface area contributed by atoms with E-state index in [4.69, 9.17) is 4.74 Å². The third-order valence-electron chi connectivity index (χ3n) is 5.54. The van der Waals surface area contributed by atoms with Gasteiger partial charge < -0.3 is 14.9 Å². The Morgan fingerprint density at radius 3 is 2.63 bits per heavy atom. The van der Waals surface area contributed by atoms with Crippen LogP contribution in [0.4, 0.5) is 0 Å². The molecule has 4 heteroatoms. The van der Waals surface area contributed by atoms with Gasteiger partial charge in [-0.2, -0.15) is 0 Å². The zero-order valence-corrected chi connectivity index (χ0v) is 11.5. The molecule has 106 valence electrons. The SMILES string of the molecule is C=C1[C@@H]2C(C[C@@H]1O)C(C)C[C@H](O)[C@H]1C(C)C(=O)O[C@@H]12. The second-order valence-corrected chi connectivity index (χ2v) is 6.56. The maximum absolute atomic E-state index is 11.8. The van der Waals surface area contributed by atoms with Crippen LogP contribution in [-0.2, 0) is 9.53 Å². The van der Waals surface area contributed by atoms with E-state index < -0.39 is 12.2 Å². The fourth-order valence-corrected chi connectivity index (χ4v) is 4.43. The van der Waals surface area contributed by atoms with Crippen molar-refractivity contribution in [3.05, 3.63) is 12.2 Å². The Bertz CT molecular complexity index is 418. The zero-order valence-electron chi connectivity index (χ0n) is 11.5. The predicted octanol–water partition coefficient (Wildman–Crippen LogP) is 1.12. The molecule has 3 aliphatic rings. The molecule has 8 atom stereocenters. The maximum atomic E-state index is 11.8. The van der Waals surface area contributed by atoms with Gasteiger partial charge in [-0.25, -0.2) is 0 Å². The number of fused-ring (bicyclic) bond motifs is 3. The Morgan fingerprint density at radius 1 is 1.26 bits per heavy atom. The lowest BCUT2D eigenvalue weighted by molar-refractivity contribution is -0.145. The van der Waals surface area contributed by atoms with E-state index >= 15 is 0 Å². The highest BCUT2D eigenvalue weighted by Gasteiger charge is 2.57. The highest BCUT2D eigenvalue weighted by atomic mass is 16.6. The molecule has 1 aliphatic heterocycles. The lowest BCUT2D eigenvalue weighted by Crippen LogP contribution is -2.35. The first-order valence-electron chi connectivity index (χ1n) is 7.17. The third kappa shape index (κ3) is 1.77. The van der Waals surface area contributed by atoms with Crippen molar-refractivity contribution in [1.82, 2.24) is 0 Å². The molecule has 0 aromatic carbocycles. The average Bonchev–Trinajstić information content (AvgIpc) is 2.75. The topological polar surface area (TPSA) is 66.8 Å². The molecule has 3 rings (SSSR count). The van der Waals surface area contributed by atoms with E-state index in [0.717, 1.165) is 5.57 Å². The van der Waals surface area contributed by atoms with E-state index in [1.54, 1.807) is 0 Å². The molecule has 2 saturated carbocycles. The summed E-state index contributed by atoms with van der Waals surface area (Å²) in [6.45, 7) is 7.95. The summed E-state index contributed by atoms with van der Waals surface area (Å²) in [5.74, 6) is -0.0864. The molecule has 2 N–H and O–H groups in total. The van der Waals surface area contributed by atoms with Gasteiger partial charge in [-0.15, -0.1) is 0 Å². The van der Waals surface area contributed by atoms with Gasteiger partial charge in [-0.1, -0.05) is 20.4 Å². The molecule has 0 amide bonds. The maximum Gasteiger partial charge on any atom is 0.309 e. The van der Waals surface area contributed by atoms with Gasteiger partial charge >= 0.3 is 5.97 Å². The summed E-state index contributed by atoms with van der Waals surface area (Å²) in [6.07, 6.45) is 0.0348. The molecule has 3 unspecified atom stereocenters. The molecule has 1 heterocycles. The zero-order chi connectivity index (χ0) is 13.9. The second kappa shape index (κ2) is 4.32. The monoisotopic (exact) mass is 266 g/mol. The Morgan fingerprint density at radius 2 is 1.95 bits per heavy atom. The number of ether oxygens (including phenoxy) is 1. The number of carbonyl (C=O) groups is 1. The summed E-state index contributed by atoms with van der Waals surface area (Å²) >= 11 is 0. The van der Waals surface area contributed by atoms with Gasteiger partial charge in [0.1, 0.15) is 6.10 Å². The summed E-state index contributed by atoms with van der Waals surface area (Å²) in [7, 11) is 0. The molecule has 0 aromatic rings. The van der Waals surface area contributed by atoms with E-state index in [1.165, 1.54) is 0 Å². The van der Waals surface area contributed by atoms with E-state index in [-0.39, 0.29) is 35.7 Å². The third-order valence-corrected chi connectivity index (χ3v) is 5.54. The smallest absolute Gasteiger partial charge is 0.309 e. The van der Waals surface area contributed by atoms with E-state index in [0.29, 0.717) is 18.8 Å². The normalized spacial score (nSPS) is 53.5. The molecule has 4 nitrogen and oxygen atoms in total. The van der Waals surface area contributed by atoms with Gasteiger partial charge in [0, 0.05) is 11.8 Å². The highest BCUT2D eigenvalue weighted by Crippen LogP contribution is 2.52. The summed E-state index contributed by atoms with van der Waals surface area (Å²) in [5, 5.41) is 20.5. The lowest BCUT2D eigenvalue weighted by atomic mass is 9.79. The number of rotatable bonds is 0. The van der Waals surface area contributed by atoms with Crippen LogP contribution >= 0.6 is 0 Å². The quantitative estimate of drug-likeness (QED) is 0.509. The van der Waals surface area contributed by atoms with Crippen molar-refractivity contribution in [2.75, 3.05) is 0 Å². The van der Waals surface area contributed by atoms with Crippen LogP contribution < -0.4 is 0 Å². The largest absolute Gasteiger partial charge is 0.461 e. The van der Waals surface area contributed by atoms with E-state index in [9.17, 15) is 15.0 Å². The predicted molar refractivity (Wildman–Crippen MR) is 69.1 cm³/mol. The number of hydrogen-bond acceptors (Lipinski definition) is 4. The van der Waals surface area contributed by atoms with Crippen LogP contribution in [0.5, 0.6) is 0 Å². The number of hydrogen-bond donors (Lipinski definition) is 2. The number of aliphatic hydroxyl groups is 2. The van der Waals surface area contributed by atoms with Crippen LogP contribution in [0.2, 0.25) is 0 Å². The molecule has 1 saturated heterocycles. The summed E-state index contributed by atoms with van der Waals surface area (Å²) < 4.78 is 5.54. The fraction of sp³-hybridized carbons (Fsp3) is 0.800. The van der Waals surface area contributed by atoms with Crippen molar-refractivity contribution in [2.45, 2.75) is 45.0 Å². The number of carbonyl (C=O) groups excluding carboxylic acids is 1. The Labute approximate surface area is 113 Å². The van der Waals surface area contributed by atoms with Crippen LogP contribution in [0.25, 0.3) is 0 Å². The lowest BCUT2D eigenvalue weighted by Gasteiger charge is -2.28. The molecule has 0 spiro atoms. The van der Waals surface area contributed by atoms with Gasteiger partial charge in [0.2, 0.25) is 0 Å². The Balaban J connectivity index is 2.00. The van der Waals surface area contributed by atoms with Crippen molar-refractivity contribution >= 4 is 5.97 Å². The molecule has 0 aromatic heterocycles. The van der Waals surface area contributed by atoms with Crippen molar-refractivity contribution in [3.63, 3.8) is 0 Å². The first kappa shape index (κ1) is 13.1.